The van der Waals surface area contributed by atoms with E-state index < -0.39 is 0 Å². The van der Waals surface area contributed by atoms with E-state index >= 15 is 0 Å². The largest absolute Gasteiger partial charge is 0.390 e. The van der Waals surface area contributed by atoms with Crippen molar-refractivity contribution in [1.82, 2.24) is 24.6 Å². The molecule has 2 aromatic rings. The second-order valence-corrected chi connectivity index (χ2v) is 6.41. The quantitative estimate of drug-likeness (QED) is 0.837. The maximum atomic E-state index is 12.7. The van der Waals surface area contributed by atoms with Gasteiger partial charge in [-0.15, -0.1) is 0 Å². The predicted molar refractivity (Wildman–Crippen MR) is 90.8 cm³/mol. The minimum absolute atomic E-state index is 0.0743. The molecule has 2 aromatic heterocycles. The van der Waals surface area contributed by atoms with Crippen LogP contribution in [-0.2, 0) is 30.9 Å². The highest BCUT2D eigenvalue weighted by molar-refractivity contribution is 5.76. The van der Waals surface area contributed by atoms with Crippen molar-refractivity contribution in [3.63, 3.8) is 0 Å². The van der Waals surface area contributed by atoms with Gasteiger partial charge in [-0.1, -0.05) is 0 Å². The highest BCUT2D eigenvalue weighted by Gasteiger charge is 2.21. The molecular weight excluding hydrogens is 322 g/mol. The Kier molecular flexibility index (Phi) is 4.98. The van der Waals surface area contributed by atoms with Crippen molar-refractivity contribution < 1.29 is 9.90 Å². The van der Waals surface area contributed by atoms with E-state index in [4.69, 9.17) is 0 Å². The molecule has 1 aliphatic heterocycles. The predicted octanol–water partition coefficient (Wildman–Crippen LogP) is 0.441. The first-order valence-corrected chi connectivity index (χ1v) is 8.48. The zero-order valence-corrected chi connectivity index (χ0v) is 14.6. The van der Waals surface area contributed by atoms with Gasteiger partial charge in [0.15, 0.2) is 0 Å². The summed E-state index contributed by atoms with van der Waals surface area (Å²) in [6.07, 6.45) is 1.76. The summed E-state index contributed by atoms with van der Waals surface area (Å²) < 4.78 is 1.87. The molecule has 0 bridgehead atoms. The number of carbonyl (C=O) groups excluding carboxylic acids is 1. The van der Waals surface area contributed by atoms with E-state index in [-0.39, 0.29) is 18.2 Å². The topological polar surface area (TPSA) is 104 Å². The average Bonchev–Trinajstić information content (AvgIpc) is 2.84. The number of aryl methyl sites for hydroxylation is 3. The van der Waals surface area contributed by atoms with E-state index in [1.54, 1.807) is 6.92 Å². The Balaban J connectivity index is 1.68. The standard InChI is InChI=1S/C17H23N5O3/c1-11-15(12(2)19-17(25)18-11)4-5-16(24)21-6-3-7-22-14(9-21)8-13(10-23)20-22/h8,23H,3-7,9-10H2,1-2H3,(H,18,19,25). The first kappa shape index (κ1) is 17.3. The van der Waals surface area contributed by atoms with Crippen LogP contribution in [0.5, 0.6) is 0 Å². The molecule has 1 amide bonds. The number of amides is 1. The maximum Gasteiger partial charge on any atom is 0.345 e. The second-order valence-electron chi connectivity index (χ2n) is 6.41. The molecule has 8 nitrogen and oxygen atoms in total. The molecule has 0 aromatic carbocycles. The summed E-state index contributed by atoms with van der Waals surface area (Å²) in [5, 5.41) is 13.6. The van der Waals surface area contributed by atoms with Crippen molar-refractivity contribution in [2.45, 2.75) is 52.8 Å². The Hall–Kier alpha value is -2.48. The highest BCUT2D eigenvalue weighted by atomic mass is 16.3. The van der Waals surface area contributed by atoms with Gasteiger partial charge in [0.1, 0.15) is 0 Å². The number of aromatic nitrogens is 4. The van der Waals surface area contributed by atoms with Gasteiger partial charge in [0, 0.05) is 30.9 Å². The molecule has 134 valence electrons. The molecule has 3 rings (SSSR count). The third-order valence-electron chi connectivity index (χ3n) is 4.62. The number of aliphatic hydroxyl groups excluding tert-OH is 1. The van der Waals surface area contributed by atoms with Crippen molar-refractivity contribution in [2.24, 2.45) is 0 Å². The Labute approximate surface area is 145 Å². The number of hydrogen-bond acceptors (Lipinski definition) is 5. The van der Waals surface area contributed by atoms with Gasteiger partial charge in [0.2, 0.25) is 5.91 Å². The SMILES string of the molecule is Cc1nc(=O)[nH]c(C)c1CCC(=O)N1CCCn2nc(CO)cc2C1. The fraction of sp³-hybridized carbons (Fsp3) is 0.529. The molecule has 25 heavy (non-hydrogen) atoms. The monoisotopic (exact) mass is 345 g/mol. The lowest BCUT2D eigenvalue weighted by atomic mass is 10.1. The third kappa shape index (κ3) is 3.79. The molecule has 0 saturated carbocycles. The number of aliphatic hydroxyl groups is 1. The van der Waals surface area contributed by atoms with Gasteiger partial charge in [-0.2, -0.15) is 10.1 Å². The highest BCUT2D eigenvalue weighted by Crippen LogP contribution is 2.16. The van der Waals surface area contributed by atoms with E-state index in [1.807, 2.05) is 22.6 Å². The summed E-state index contributed by atoms with van der Waals surface area (Å²) in [5.41, 5.74) is 3.60. The molecule has 0 unspecified atom stereocenters. The molecule has 1 aliphatic rings. The van der Waals surface area contributed by atoms with Crippen LogP contribution in [-0.4, -0.2) is 42.2 Å². The lowest BCUT2D eigenvalue weighted by Gasteiger charge is -2.20. The minimum Gasteiger partial charge on any atom is -0.390 e. The molecule has 0 spiro atoms. The van der Waals surface area contributed by atoms with Crippen LogP contribution in [0.2, 0.25) is 0 Å². The fourth-order valence-corrected chi connectivity index (χ4v) is 3.33. The molecule has 2 N–H and O–H groups in total. The zero-order valence-electron chi connectivity index (χ0n) is 14.6. The number of aromatic amines is 1. The van der Waals surface area contributed by atoms with E-state index in [2.05, 4.69) is 15.1 Å². The van der Waals surface area contributed by atoms with E-state index in [0.29, 0.717) is 37.3 Å². The van der Waals surface area contributed by atoms with E-state index in [0.717, 1.165) is 29.9 Å². The van der Waals surface area contributed by atoms with Crippen LogP contribution in [0.1, 0.15) is 41.2 Å². The van der Waals surface area contributed by atoms with Gasteiger partial charge in [0.25, 0.3) is 0 Å². The second kappa shape index (κ2) is 7.18. The normalized spacial score (nSPS) is 14.3. The molecule has 0 fully saturated rings. The van der Waals surface area contributed by atoms with Gasteiger partial charge >= 0.3 is 5.69 Å². The maximum absolute atomic E-state index is 12.7. The molecular formula is C17H23N5O3. The van der Waals surface area contributed by atoms with Gasteiger partial charge < -0.3 is 15.0 Å². The molecule has 0 aliphatic carbocycles. The summed E-state index contributed by atoms with van der Waals surface area (Å²) >= 11 is 0. The van der Waals surface area contributed by atoms with E-state index in [9.17, 15) is 14.7 Å². The van der Waals surface area contributed by atoms with Crippen LogP contribution in [0.15, 0.2) is 10.9 Å². The number of carbonyl (C=O) groups is 1. The fourth-order valence-electron chi connectivity index (χ4n) is 3.33. The smallest absolute Gasteiger partial charge is 0.345 e. The molecule has 3 heterocycles. The number of H-pyrrole nitrogens is 1. The zero-order chi connectivity index (χ0) is 18.0. The summed E-state index contributed by atoms with van der Waals surface area (Å²) in [5.74, 6) is 0.0743. The Morgan fingerprint density at radius 2 is 2.16 bits per heavy atom. The summed E-state index contributed by atoms with van der Waals surface area (Å²) in [7, 11) is 0. The average molecular weight is 345 g/mol. The van der Waals surface area contributed by atoms with Gasteiger partial charge in [-0.05, 0) is 38.3 Å². The van der Waals surface area contributed by atoms with Crippen molar-refractivity contribution in [3.8, 4) is 0 Å². The number of rotatable bonds is 4. The Bertz CT molecular complexity index is 813. The van der Waals surface area contributed by atoms with Crippen molar-refractivity contribution in [2.75, 3.05) is 6.54 Å². The number of nitrogens with zero attached hydrogens (tertiary/aromatic N) is 4. The lowest BCUT2D eigenvalue weighted by molar-refractivity contribution is -0.131. The van der Waals surface area contributed by atoms with Gasteiger partial charge in [-0.25, -0.2) is 4.79 Å². The number of hydrogen-bond donors (Lipinski definition) is 2. The number of fused-ring (bicyclic) bond motifs is 1. The third-order valence-corrected chi connectivity index (χ3v) is 4.62. The Morgan fingerprint density at radius 1 is 1.36 bits per heavy atom. The molecule has 0 saturated heterocycles. The first-order chi connectivity index (χ1) is 12.0. The van der Waals surface area contributed by atoms with Gasteiger partial charge in [-0.3, -0.25) is 9.48 Å². The van der Waals surface area contributed by atoms with Crippen molar-refractivity contribution >= 4 is 5.91 Å². The van der Waals surface area contributed by atoms with Crippen molar-refractivity contribution in [1.29, 1.82) is 0 Å². The van der Waals surface area contributed by atoms with Crippen molar-refractivity contribution in [3.05, 3.63) is 44.9 Å². The lowest BCUT2D eigenvalue weighted by Crippen LogP contribution is -2.31. The molecule has 0 atom stereocenters. The molecule has 8 heteroatoms. The van der Waals surface area contributed by atoms with Gasteiger partial charge in [0.05, 0.1) is 24.5 Å². The number of nitrogens with one attached hydrogen (secondary N) is 1. The first-order valence-electron chi connectivity index (χ1n) is 8.48. The minimum atomic E-state index is -0.356. The Morgan fingerprint density at radius 3 is 2.88 bits per heavy atom. The van der Waals surface area contributed by atoms with Crippen LogP contribution >= 0.6 is 0 Å². The van der Waals surface area contributed by atoms with Crippen LogP contribution in [0, 0.1) is 13.8 Å². The summed E-state index contributed by atoms with van der Waals surface area (Å²) in [6.45, 7) is 5.48. The van der Waals surface area contributed by atoms with Crippen LogP contribution in [0.4, 0.5) is 0 Å². The van der Waals surface area contributed by atoms with E-state index in [1.165, 1.54) is 0 Å². The summed E-state index contributed by atoms with van der Waals surface area (Å²) in [6, 6.07) is 1.85. The summed E-state index contributed by atoms with van der Waals surface area (Å²) in [4.78, 5) is 32.5. The van der Waals surface area contributed by atoms with Crippen LogP contribution < -0.4 is 5.69 Å². The van der Waals surface area contributed by atoms with Crippen LogP contribution in [0.3, 0.4) is 0 Å². The molecule has 0 radical (unpaired) electrons. The van der Waals surface area contributed by atoms with Crippen LogP contribution in [0.25, 0.3) is 0 Å².